The number of hydrogen-bond acceptors (Lipinski definition) is 7. The van der Waals surface area contributed by atoms with Gasteiger partial charge in [0.05, 0.1) is 17.7 Å². The first-order valence-electron chi connectivity index (χ1n) is 13.0. The lowest BCUT2D eigenvalue weighted by Crippen LogP contribution is -2.39. The molecule has 4 aromatic rings. The smallest absolute Gasteiger partial charge is 0.284 e. The Balaban J connectivity index is 1.34. The van der Waals surface area contributed by atoms with E-state index in [4.69, 9.17) is 4.74 Å². The van der Waals surface area contributed by atoms with Crippen molar-refractivity contribution in [1.82, 2.24) is 28.9 Å². The maximum atomic E-state index is 13.5. The summed E-state index contributed by atoms with van der Waals surface area (Å²) in [6, 6.07) is 11.1. The third kappa shape index (κ3) is 4.69. The summed E-state index contributed by atoms with van der Waals surface area (Å²) in [6.45, 7) is 3.83. The molecule has 6 rings (SSSR count). The molecule has 1 aliphatic heterocycles. The molecule has 0 unspecified atom stereocenters. The van der Waals surface area contributed by atoms with Gasteiger partial charge in [0, 0.05) is 56.1 Å². The first-order chi connectivity index (χ1) is 18.0. The van der Waals surface area contributed by atoms with E-state index in [9.17, 15) is 8.42 Å². The van der Waals surface area contributed by atoms with E-state index < -0.39 is 10.0 Å². The van der Waals surface area contributed by atoms with Crippen LogP contribution < -0.4 is 0 Å². The molecule has 0 bridgehead atoms. The largest absolute Gasteiger partial charge is 0.380 e. The first-order valence-corrected chi connectivity index (χ1v) is 14.4. The molecule has 9 nitrogen and oxygen atoms in total. The zero-order valence-electron chi connectivity index (χ0n) is 21.0. The van der Waals surface area contributed by atoms with Gasteiger partial charge in [0.15, 0.2) is 5.65 Å². The highest BCUT2D eigenvalue weighted by Gasteiger charge is 2.29. The standard InChI is InChI=1S/C27H32N6O3S/c1-31-19-22(18-29-31)26-25-16-21(20-8-10-23(11-9-20)32-12-5-14-36-15-13-32)17-28-27(25)33(30-26)37(34,35)24-6-3-2-4-7-24/h2-4,6-7,16-20,23H,5,8-15H2,1H3/t20-,23+. The van der Waals surface area contributed by atoms with Gasteiger partial charge in [-0.25, -0.2) is 4.98 Å². The number of aromatic nitrogens is 5. The first kappa shape index (κ1) is 24.3. The molecule has 1 saturated carbocycles. The Kier molecular flexibility index (Phi) is 6.56. The minimum atomic E-state index is -3.91. The van der Waals surface area contributed by atoms with Crippen molar-refractivity contribution >= 4 is 21.1 Å². The number of nitrogens with zero attached hydrogens (tertiary/aromatic N) is 6. The normalized spacial score (nSPS) is 21.8. The highest BCUT2D eigenvalue weighted by molar-refractivity contribution is 7.90. The lowest BCUT2D eigenvalue weighted by molar-refractivity contribution is 0.118. The fraction of sp³-hybridized carbons (Fsp3) is 0.444. The van der Waals surface area contributed by atoms with E-state index in [0.717, 1.165) is 79.0 Å². The molecular weight excluding hydrogens is 488 g/mol. The molecule has 0 spiro atoms. The molecule has 0 amide bonds. The van der Waals surface area contributed by atoms with Crippen molar-refractivity contribution in [3.8, 4) is 11.3 Å². The number of fused-ring (bicyclic) bond motifs is 1. The van der Waals surface area contributed by atoms with Gasteiger partial charge >= 0.3 is 0 Å². The minimum absolute atomic E-state index is 0.181. The Morgan fingerprint density at radius 1 is 1.00 bits per heavy atom. The Bertz CT molecular complexity index is 1480. The van der Waals surface area contributed by atoms with Crippen LogP contribution in [-0.4, -0.2) is 69.6 Å². The van der Waals surface area contributed by atoms with E-state index in [-0.39, 0.29) is 4.90 Å². The summed E-state index contributed by atoms with van der Waals surface area (Å²) in [7, 11) is -2.07. The minimum Gasteiger partial charge on any atom is -0.380 e. The second-order valence-electron chi connectivity index (χ2n) is 10.1. The van der Waals surface area contributed by atoms with Crippen LogP contribution in [0.15, 0.2) is 59.9 Å². The molecule has 1 aromatic carbocycles. The fourth-order valence-corrected chi connectivity index (χ4v) is 7.00. The summed E-state index contributed by atoms with van der Waals surface area (Å²) in [5.74, 6) is 0.396. The summed E-state index contributed by atoms with van der Waals surface area (Å²) in [5.41, 5.74) is 2.83. The van der Waals surface area contributed by atoms with E-state index in [1.165, 1.54) is 0 Å². The van der Waals surface area contributed by atoms with Gasteiger partial charge in [0.2, 0.25) is 0 Å². The number of ether oxygens (including phenoxy) is 1. The van der Waals surface area contributed by atoms with Crippen LogP contribution in [-0.2, 0) is 21.8 Å². The fourth-order valence-electron chi connectivity index (χ4n) is 5.74. The van der Waals surface area contributed by atoms with E-state index in [2.05, 4.69) is 26.1 Å². The topological polar surface area (TPSA) is 95.1 Å². The van der Waals surface area contributed by atoms with Gasteiger partial charge in [-0.2, -0.15) is 18.6 Å². The Morgan fingerprint density at radius 3 is 2.57 bits per heavy atom. The van der Waals surface area contributed by atoms with E-state index in [1.54, 1.807) is 41.2 Å². The summed E-state index contributed by atoms with van der Waals surface area (Å²) in [5, 5.41) is 9.60. The van der Waals surface area contributed by atoms with Gasteiger partial charge < -0.3 is 4.74 Å². The molecule has 0 radical (unpaired) electrons. The molecule has 2 aliphatic rings. The number of benzene rings is 1. The van der Waals surface area contributed by atoms with Gasteiger partial charge in [0.1, 0.15) is 5.69 Å². The van der Waals surface area contributed by atoms with E-state index in [0.29, 0.717) is 23.3 Å². The van der Waals surface area contributed by atoms with Crippen molar-refractivity contribution in [3.63, 3.8) is 0 Å². The Morgan fingerprint density at radius 2 is 1.81 bits per heavy atom. The van der Waals surface area contributed by atoms with Crippen molar-refractivity contribution in [2.45, 2.75) is 49.0 Å². The SMILES string of the molecule is Cn1cc(-c2nn(S(=O)(=O)c3ccccc3)c3ncc([C@H]4CC[C@@H](N5CCCOCC5)CC4)cc23)cn1. The third-order valence-corrected chi connectivity index (χ3v) is 9.28. The van der Waals surface area contributed by atoms with Crippen LogP contribution in [0.3, 0.4) is 0 Å². The number of rotatable bonds is 5. The molecule has 2 fully saturated rings. The zero-order valence-corrected chi connectivity index (χ0v) is 21.8. The lowest BCUT2D eigenvalue weighted by atomic mass is 9.81. The van der Waals surface area contributed by atoms with Gasteiger partial charge in [-0.1, -0.05) is 18.2 Å². The second-order valence-corrected chi connectivity index (χ2v) is 11.8. The molecule has 1 aliphatic carbocycles. The van der Waals surface area contributed by atoms with Crippen molar-refractivity contribution in [3.05, 3.63) is 60.6 Å². The second kappa shape index (κ2) is 10.00. The molecule has 3 aromatic heterocycles. The molecule has 37 heavy (non-hydrogen) atoms. The predicted molar refractivity (Wildman–Crippen MR) is 141 cm³/mol. The third-order valence-electron chi connectivity index (χ3n) is 7.70. The number of aryl methyl sites for hydroxylation is 1. The molecule has 4 heterocycles. The highest BCUT2D eigenvalue weighted by Crippen LogP contribution is 2.37. The van der Waals surface area contributed by atoms with E-state index >= 15 is 0 Å². The van der Waals surface area contributed by atoms with Crippen LogP contribution in [0, 0.1) is 0 Å². The Labute approximate surface area is 217 Å². The Hall–Kier alpha value is -3.08. The molecule has 1 saturated heterocycles. The predicted octanol–water partition coefficient (Wildman–Crippen LogP) is 3.82. The number of hydrogen-bond donors (Lipinski definition) is 0. The quantitative estimate of drug-likeness (QED) is 0.395. The van der Waals surface area contributed by atoms with Gasteiger partial charge in [0.25, 0.3) is 10.0 Å². The van der Waals surface area contributed by atoms with Gasteiger partial charge in [-0.3, -0.25) is 9.58 Å². The summed E-state index contributed by atoms with van der Waals surface area (Å²) in [6.07, 6.45) is 11.0. The summed E-state index contributed by atoms with van der Waals surface area (Å²) < 4.78 is 35.5. The maximum Gasteiger partial charge on any atom is 0.284 e. The van der Waals surface area contributed by atoms with Gasteiger partial charge in [-0.15, -0.1) is 4.09 Å². The summed E-state index contributed by atoms with van der Waals surface area (Å²) >= 11 is 0. The molecule has 0 N–H and O–H groups in total. The van der Waals surface area contributed by atoms with Gasteiger partial charge in [-0.05, 0) is 61.8 Å². The van der Waals surface area contributed by atoms with Crippen LogP contribution in [0.5, 0.6) is 0 Å². The van der Waals surface area contributed by atoms with Crippen LogP contribution in [0.4, 0.5) is 0 Å². The highest BCUT2D eigenvalue weighted by atomic mass is 32.2. The van der Waals surface area contributed by atoms with Crippen molar-refractivity contribution < 1.29 is 13.2 Å². The average molecular weight is 521 g/mol. The average Bonchev–Trinajstić information content (AvgIpc) is 3.42. The van der Waals surface area contributed by atoms with Crippen molar-refractivity contribution in [1.29, 1.82) is 0 Å². The zero-order chi connectivity index (χ0) is 25.4. The monoisotopic (exact) mass is 520 g/mol. The molecular formula is C27H32N6O3S. The summed E-state index contributed by atoms with van der Waals surface area (Å²) in [4.78, 5) is 7.47. The molecule has 194 valence electrons. The van der Waals surface area contributed by atoms with Crippen molar-refractivity contribution in [2.24, 2.45) is 7.05 Å². The van der Waals surface area contributed by atoms with Crippen LogP contribution in [0.1, 0.15) is 43.6 Å². The van der Waals surface area contributed by atoms with Crippen LogP contribution >= 0.6 is 0 Å². The molecule has 10 heteroatoms. The van der Waals surface area contributed by atoms with Crippen molar-refractivity contribution in [2.75, 3.05) is 26.3 Å². The lowest BCUT2D eigenvalue weighted by Gasteiger charge is -2.36. The molecule has 0 atom stereocenters. The van der Waals surface area contributed by atoms with Crippen LogP contribution in [0.25, 0.3) is 22.3 Å². The van der Waals surface area contributed by atoms with E-state index in [1.807, 2.05) is 19.4 Å². The van der Waals surface area contributed by atoms with Crippen LogP contribution in [0.2, 0.25) is 0 Å². The number of pyridine rings is 1. The maximum absolute atomic E-state index is 13.5.